The van der Waals surface area contributed by atoms with Crippen LogP contribution in [-0.4, -0.2) is 24.2 Å². The maximum absolute atomic E-state index is 13.8. The molecule has 19 heavy (non-hydrogen) atoms. The van der Waals surface area contributed by atoms with E-state index < -0.39 is 5.41 Å². The molecular weight excluding hydrogens is 245 g/mol. The molecule has 0 radical (unpaired) electrons. The van der Waals surface area contributed by atoms with Gasteiger partial charge in [0.1, 0.15) is 5.82 Å². The first-order valence-electron chi connectivity index (χ1n) is 6.74. The van der Waals surface area contributed by atoms with Crippen molar-refractivity contribution in [3.63, 3.8) is 0 Å². The van der Waals surface area contributed by atoms with E-state index in [-0.39, 0.29) is 24.2 Å². The second kappa shape index (κ2) is 5.70. The van der Waals surface area contributed by atoms with E-state index in [1.165, 1.54) is 6.07 Å². The predicted molar refractivity (Wildman–Crippen MR) is 71.2 cm³/mol. The van der Waals surface area contributed by atoms with Crippen LogP contribution in [0.3, 0.4) is 0 Å². The maximum Gasteiger partial charge on any atom is 0.230 e. The molecule has 0 bridgehead atoms. The number of hydrogen-bond donors (Lipinski definition) is 2. The number of carbonyl (C=O) groups is 1. The molecule has 1 saturated carbocycles. The molecule has 0 spiro atoms. The Hall–Kier alpha value is -1.42. The predicted octanol–water partition coefficient (Wildman–Crippen LogP) is 1.99. The fraction of sp³-hybridized carbons (Fsp3) is 0.533. The SMILES string of the molecule is CC(CCO)CNC(=O)C1(c2ccccc2F)CC1. The normalized spacial score (nSPS) is 17.8. The van der Waals surface area contributed by atoms with Gasteiger partial charge in [0.15, 0.2) is 0 Å². The molecule has 104 valence electrons. The Bertz CT molecular complexity index is 457. The van der Waals surface area contributed by atoms with E-state index in [9.17, 15) is 9.18 Å². The van der Waals surface area contributed by atoms with Gasteiger partial charge in [-0.05, 0) is 31.2 Å². The van der Waals surface area contributed by atoms with Gasteiger partial charge < -0.3 is 10.4 Å². The van der Waals surface area contributed by atoms with E-state index in [1.54, 1.807) is 18.2 Å². The molecule has 2 N–H and O–H groups in total. The fourth-order valence-corrected chi connectivity index (χ4v) is 2.35. The van der Waals surface area contributed by atoms with Gasteiger partial charge in [-0.15, -0.1) is 0 Å². The Labute approximate surface area is 112 Å². The van der Waals surface area contributed by atoms with Crippen LogP contribution in [0.15, 0.2) is 24.3 Å². The summed E-state index contributed by atoms with van der Waals surface area (Å²) >= 11 is 0. The molecule has 1 unspecified atom stereocenters. The first kappa shape index (κ1) is 14.0. The quantitative estimate of drug-likeness (QED) is 0.826. The van der Waals surface area contributed by atoms with Crippen molar-refractivity contribution >= 4 is 5.91 Å². The van der Waals surface area contributed by atoms with Crippen LogP contribution in [0.2, 0.25) is 0 Å². The van der Waals surface area contributed by atoms with E-state index in [1.807, 2.05) is 6.92 Å². The third-order valence-electron chi connectivity index (χ3n) is 3.81. The van der Waals surface area contributed by atoms with Crippen molar-refractivity contribution in [2.24, 2.45) is 5.92 Å². The Balaban J connectivity index is 2.01. The van der Waals surface area contributed by atoms with Crippen molar-refractivity contribution in [3.8, 4) is 0 Å². The lowest BCUT2D eigenvalue weighted by atomic mass is 9.94. The second-order valence-electron chi connectivity index (χ2n) is 5.39. The minimum Gasteiger partial charge on any atom is -0.396 e. The van der Waals surface area contributed by atoms with E-state index in [0.717, 1.165) is 0 Å². The molecule has 1 atom stereocenters. The lowest BCUT2D eigenvalue weighted by Gasteiger charge is -2.18. The molecule has 0 aromatic heterocycles. The Morgan fingerprint density at radius 3 is 2.74 bits per heavy atom. The third-order valence-corrected chi connectivity index (χ3v) is 3.81. The van der Waals surface area contributed by atoms with Gasteiger partial charge in [-0.1, -0.05) is 25.1 Å². The number of carbonyl (C=O) groups excluding carboxylic acids is 1. The summed E-state index contributed by atoms with van der Waals surface area (Å²) in [5.74, 6) is -0.175. The third kappa shape index (κ3) is 2.95. The summed E-state index contributed by atoms with van der Waals surface area (Å²) in [6.45, 7) is 2.62. The minimum absolute atomic E-state index is 0.0950. The first-order chi connectivity index (χ1) is 9.10. The van der Waals surface area contributed by atoms with Crippen molar-refractivity contribution in [2.75, 3.05) is 13.2 Å². The van der Waals surface area contributed by atoms with Crippen molar-refractivity contribution in [3.05, 3.63) is 35.6 Å². The van der Waals surface area contributed by atoms with Gasteiger partial charge in [0.05, 0.1) is 5.41 Å². The van der Waals surface area contributed by atoms with E-state index in [0.29, 0.717) is 31.4 Å². The Morgan fingerprint density at radius 2 is 2.16 bits per heavy atom. The number of aliphatic hydroxyl groups excluding tert-OH is 1. The fourth-order valence-electron chi connectivity index (χ4n) is 2.35. The van der Waals surface area contributed by atoms with Gasteiger partial charge in [-0.2, -0.15) is 0 Å². The molecule has 0 aliphatic heterocycles. The molecular formula is C15H20FNO2. The molecule has 1 aliphatic carbocycles. The number of rotatable bonds is 6. The number of amides is 1. The van der Waals surface area contributed by atoms with Crippen molar-refractivity contribution in [2.45, 2.75) is 31.6 Å². The average Bonchev–Trinajstić information content (AvgIpc) is 3.18. The zero-order chi connectivity index (χ0) is 13.9. The van der Waals surface area contributed by atoms with Crippen LogP contribution in [0.25, 0.3) is 0 Å². The van der Waals surface area contributed by atoms with Crippen molar-refractivity contribution < 1.29 is 14.3 Å². The lowest BCUT2D eigenvalue weighted by molar-refractivity contribution is -0.123. The van der Waals surface area contributed by atoms with E-state index in [2.05, 4.69) is 5.32 Å². The van der Waals surface area contributed by atoms with Crippen LogP contribution in [0.4, 0.5) is 4.39 Å². The molecule has 1 aromatic carbocycles. The molecule has 3 nitrogen and oxygen atoms in total. The van der Waals surface area contributed by atoms with Crippen molar-refractivity contribution in [1.82, 2.24) is 5.32 Å². The van der Waals surface area contributed by atoms with Crippen LogP contribution in [0.1, 0.15) is 31.7 Å². The second-order valence-corrected chi connectivity index (χ2v) is 5.39. The summed E-state index contributed by atoms with van der Waals surface area (Å²) in [4.78, 5) is 12.2. The number of hydrogen-bond acceptors (Lipinski definition) is 2. The van der Waals surface area contributed by atoms with E-state index in [4.69, 9.17) is 5.11 Å². The summed E-state index contributed by atoms with van der Waals surface area (Å²) in [6, 6.07) is 6.49. The average molecular weight is 265 g/mol. The lowest BCUT2D eigenvalue weighted by Crippen LogP contribution is -2.37. The number of nitrogens with one attached hydrogen (secondary N) is 1. The minimum atomic E-state index is -0.662. The number of halogens is 1. The molecule has 1 aliphatic rings. The van der Waals surface area contributed by atoms with Gasteiger partial charge in [0.2, 0.25) is 5.91 Å². The van der Waals surface area contributed by atoms with Gasteiger partial charge >= 0.3 is 0 Å². The highest BCUT2D eigenvalue weighted by atomic mass is 19.1. The Kier molecular flexibility index (Phi) is 4.20. The summed E-state index contributed by atoms with van der Waals surface area (Å²) in [6.07, 6.45) is 2.06. The van der Waals surface area contributed by atoms with Gasteiger partial charge in [-0.25, -0.2) is 4.39 Å². The zero-order valence-electron chi connectivity index (χ0n) is 11.2. The number of aliphatic hydroxyl groups is 1. The summed E-state index contributed by atoms with van der Waals surface area (Å²) in [7, 11) is 0. The van der Waals surface area contributed by atoms with Gasteiger partial charge in [-0.3, -0.25) is 4.79 Å². The van der Waals surface area contributed by atoms with E-state index >= 15 is 0 Å². The van der Waals surface area contributed by atoms with Crippen LogP contribution >= 0.6 is 0 Å². The Morgan fingerprint density at radius 1 is 1.47 bits per heavy atom. The topological polar surface area (TPSA) is 49.3 Å². The van der Waals surface area contributed by atoms with Crippen LogP contribution in [-0.2, 0) is 10.2 Å². The van der Waals surface area contributed by atoms with Crippen LogP contribution in [0.5, 0.6) is 0 Å². The summed E-state index contributed by atoms with van der Waals surface area (Å²) in [5, 5.41) is 11.7. The standard InChI is InChI=1S/C15H20FNO2/c1-11(6-9-18)10-17-14(19)15(7-8-15)12-4-2-3-5-13(12)16/h2-5,11,18H,6-10H2,1H3,(H,17,19). The highest BCUT2D eigenvalue weighted by Crippen LogP contribution is 2.49. The molecule has 0 saturated heterocycles. The highest BCUT2D eigenvalue weighted by Gasteiger charge is 2.52. The van der Waals surface area contributed by atoms with Gasteiger partial charge in [0, 0.05) is 18.7 Å². The largest absolute Gasteiger partial charge is 0.396 e. The molecule has 0 heterocycles. The molecule has 1 aromatic rings. The summed E-state index contributed by atoms with van der Waals surface area (Å²) < 4.78 is 13.8. The summed E-state index contributed by atoms with van der Waals surface area (Å²) in [5.41, 5.74) is -0.160. The molecule has 2 rings (SSSR count). The molecule has 1 amide bonds. The number of benzene rings is 1. The monoisotopic (exact) mass is 265 g/mol. The smallest absolute Gasteiger partial charge is 0.230 e. The first-order valence-corrected chi connectivity index (χ1v) is 6.74. The van der Waals surface area contributed by atoms with Crippen LogP contribution in [0, 0.1) is 11.7 Å². The van der Waals surface area contributed by atoms with Crippen LogP contribution < -0.4 is 5.32 Å². The highest BCUT2D eigenvalue weighted by molar-refractivity contribution is 5.91. The zero-order valence-corrected chi connectivity index (χ0v) is 11.2. The van der Waals surface area contributed by atoms with Gasteiger partial charge in [0.25, 0.3) is 0 Å². The molecule has 1 fully saturated rings. The maximum atomic E-state index is 13.8. The molecule has 4 heteroatoms. The van der Waals surface area contributed by atoms with Crippen molar-refractivity contribution in [1.29, 1.82) is 0 Å².